The molecule has 1 spiro atoms. The first-order chi connectivity index (χ1) is 22.8. The third-order valence-electron chi connectivity index (χ3n) is 10.1. The highest BCUT2D eigenvalue weighted by atomic mass is 32.2. The molecule has 4 aliphatic heterocycles. The molecule has 3 aromatic rings. The molecule has 47 heavy (non-hydrogen) atoms. The van der Waals surface area contributed by atoms with Gasteiger partial charge in [0.2, 0.25) is 11.8 Å². The number of aliphatic hydroxyl groups is 1. The van der Waals surface area contributed by atoms with E-state index in [1.54, 1.807) is 28.7 Å². The van der Waals surface area contributed by atoms with Crippen molar-refractivity contribution in [2.45, 2.75) is 41.5 Å². The smallest absolute Gasteiger partial charge is 0.251 e. The monoisotopic (exact) mass is 649 g/mol. The van der Waals surface area contributed by atoms with Gasteiger partial charge in [0.1, 0.15) is 11.8 Å². The zero-order valence-corrected chi connectivity index (χ0v) is 27.4. The van der Waals surface area contributed by atoms with Crippen LogP contribution in [-0.4, -0.2) is 81.0 Å². The average Bonchev–Trinajstić information content (AvgIpc) is 3.37. The van der Waals surface area contributed by atoms with Gasteiger partial charge in [-0.15, -0.1) is 11.8 Å². The van der Waals surface area contributed by atoms with E-state index >= 15 is 4.79 Å². The second kappa shape index (κ2) is 12.4. The maximum Gasteiger partial charge on any atom is 0.251 e. The molecule has 1 N–H and O–H groups in total. The van der Waals surface area contributed by atoms with Crippen molar-refractivity contribution in [3.05, 3.63) is 120 Å². The molecule has 3 amide bonds. The number of carbonyl (C=O) groups is 3. The molecule has 7 rings (SSSR count). The summed E-state index contributed by atoms with van der Waals surface area (Å²) in [5, 5.41) is 10.9. The lowest BCUT2D eigenvalue weighted by molar-refractivity contribution is -0.145. The molecule has 4 heterocycles. The van der Waals surface area contributed by atoms with Crippen molar-refractivity contribution in [1.82, 2.24) is 9.80 Å². The van der Waals surface area contributed by atoms with Crippen molar-refractivity contribution >= 4 is 35.2 Å². The summed E-state index contributed by atoms with van der Waals surface area (Å²) in [5.74, 6) is -1.40. The van der Waals surface area contributed by atoms with Crippen molar-refractivity contribution in [1.29, 1.82) is 0 Å². The highest BCUT2D eigenvalue weighted by molar-refractivity contribution is 8.02. The van der Waals surface area contributed by atoms with E-state index in [-0.39, 0.29) is 24.3 Å². The molecule has 0 saturated carbocycles. The van der Waals surface area contributed by atoms with Gasteiger partial charge in [-0.25, -0.2) is 0 Å². The van der Waals surface area contributed by atoms with Gasteiger partial charge in [0.05, 0.1) is 36.3 Å². The van der Waals surface area contributed by atoms with Gasteiger partial charge in [-0.3, -0.25) is 14.4 Å². The number of carbonyl (C=O) groups excluding carboxylic acids is 3. The lowest BCUT2D eigenvalue weighted by Gasteiger charge is -2.40. The highest BCUT2D eigenvalue weighted by Gasteiger charge is 2.74. The summed E-state index contributed by atoms with van der Waals surface area (Å²) < 4.78 is 3.61. The Balaban J connectivity index is 1.33. The molecule has 0 radical (unpaired) electrons. The van der Waals surface area contributed by atoms with E-state index in [0.29, 0.717) is 37.5 Å². The normalized spacial score (nSPS) is 28.9. The number of amides is 3. The first kappa shape index (κ1) is 31.3. The molecule has 2 saturated heterocycles. The molecule has 9 heteroatoms. The van der Waals surface area contributed by atoms with Crippen LogP contribution in [0.5, 0.6) is 5.75 Å². The van der Waals surface area contributed by atoms with Crippen LogP contribution in [0.15, 0.2) is 109 Å². The number of rotatable bonds is 8. The average molecular weight is 650 g/mol. The van der Waals surface area contributed by atoms with Crippen molar-refractivity contribution in [3.8, 4) is 5.75 Å². The molecule has 0 bridgehead atoms. The number of nitrogens with zero attached hydrogens (tertiary/aromatic N) is 3. The summed E-state index contributed by atoms with van der Waals surface area (Å²) in [6, 6.07) is 25.3. The molecule has 3 aromatic carbocycles. The quantitative estimate of drug-likeness (QED) is 0.362. The standard InChI is InChI=1S/C38H39N3O5S/c1-37-19-9-21-39(24-27-13-7-4-8-14-27)34(43)31(37)32-35(44)41(29(25-42)23-26-11-5-3-6-12-26)33-36(45)40(22-10-20-38(32,33)47-37)28-15-17-30(46-2)18-16-28/h3-20,29,31-33,42H,21-25H2,1-2H3/t29-,31-,32+,33?,37+,38+/m1/s1. The number of fused-ring (bicyclic) bond motifs is 2. The SMILES string of the molecule is COc1ccc(N2CC=C[C@]34S[C@@]5(C)C=CCN(Cc6ccccc6)C(=O)[C@H]5[C@H]3C(=O)N([C@@H](CO)Cc3ccccc3)C4C2=O)cc1. The van der Waals surface area contributed by atoms with Crippen LogP contribution >= 0.6 is 11.8 Å². The van der Waals surface area contributed by atoms with E-state index in [4.69, 9.17) is 4.74 Å². The van der Waals surface area contributed by atoms with E-state index in [0.717, 1.165) is 11.1 Å². The zero-order chi connectivity index (χ0) is 32.8. The van der Waals surface area contributed by atoms with Crippen LogP contribution in [0.3, 0.4) is 0 Å². The third-order valence-corrected chi connectivity index (χ3v) is 11.9. The topological polar surface area (TPSA) is 90.4 Å². The predicted octanol–water partition coefficient (Wildman–Crippen LogP) is 4.49. The second-order valence-corrected chi connectivity index (χ2v) is 14.7. The summed E-state index contributed by atoms with van der Waals surface area (Å²) in [4.78, 5) is 49.8. The number of hydrogen-bond donors (Lipinski definition) is 1. The summed E-state index contributed by atoms with van der Waals surface area (Å²) in [6.07, 6.45) is 8.47. The number of thioether (sulfide) groups is 1. The van der Waals surface area contributed by atoms with Gasteiger partial charge >= 0.3 is 0 Å². The Morgan fingerprint density at radius 2 is 1.49 bits per heavy atom. The minimum Gasteiger partial charge on any atom is -0.497 e. The van der Waals surface area contributed by atoms with Gasteiger partial charge < -0.3 is 24.5 Å². The fourth-order valence-corrected chi connectivity index (χ4v) is 10.1. The van der Waals surface area contributed by atoms with E-state index in [1.807, 2.05) is 115 Å². The lowest BCUT2D eigenvalue weighted by Crippen LogP contribution is -2.57. The van der Waals surface area contributed by atoms with E-state index in [9.17, 15) is 14.7 Å². The lowest BCUT2D eigenvalue weighted by atomic mass is 9.74. The second-order valence-electron chi connectivity index (χ2n) is 12.9. The summed E-state index contributed by atoms with van der Waals surface area (Å²) in [5.41, 5.74) is 2.65. The van der Waals surface area contributed by atoms with Gasteiger partial charge in [0.15, 0.2) is 0 Å². The summed E-state index contributed by atoms with van der Waals surface area (Å²) in [7, 11) is 1.60. The fourth-order valence-electron chi connectivity index (χ4n) is 7.98. The molecule has 0 aromatic heterocycles. The largest absolute Gasteiger partial charge is 0.497 e. The van der Waals surface area contributed by atoms with E-state index < -0.39 is 33.4 Å². The van der Waals surface area contributed by atoms with E-state index in [1.165, 1.54) is 0 Å². The summed E-state index contributed by atoms with van der Waals surface area (Å²) >= 11 is 1.55. The molecule has 1 unspecified atom stereocenters. The van der Waals surface area contributed by atoms with Crippen LogP contribution in [0.25, 0.3) is 0 Å². The number of methoxy groups -OCH3 is 1. The van der Waals surface area contributed by atoms with E-state index in [2.05, 4.69) is 6.08 Å². The number of aliphatic hydroxyl groups excluding tert-OH is 1. The molecule has 0 aliphatic carbocycles. The Hall–Kier alpha value is -4.34. The van der Waals surface area contributed by atoms with Crippen LogP contribution < -0.4 is 9.64 Å². The molecular weight excluding hydrogens is 611 g/mol. The Morgan fingerprint density at radius 3 is 2.15 bits per heavy atom. The number of likely N-dealkylation sites (tertiary alicyclic amines) is 1. The maximum absolute atomic E-state index is 15.0. The first-order valence-corrected chi connectivity index (χ1v) is 16.9. The van der Waals surface area contributed by atoms with Gasteiger partial charge in [-0.05, 0) is 48.7 Å². The number of hydrogen-bond acceptors (Lipinski definition) is 6. The Labute approximate surface area is 279 Å². The van der Waals surface area contributed by atoms with Gasteiger partial charge in [0.25, 0.3) is 5.91 Å². The molecular formula is C38H39N3O5S. The van der Waals surface area contributed by atoms with Crippen molar-refractivity contribution < 1.29 is 24.2 Å². The molecule has 2 fully saturated rings. The number of ether oxygens (including phenoxy) is 1. The number of benzene rings is 3. The van der Waals surface area contributed by atoms with Gasteiger partial charge in [-0.1, -0.05) is 85.0 Å². The van der Waals surface area contributed by atoms with Crippen LogP contribution in [-0.2, 0) is 27.3 Å². The van der Waals surface area contributed by atoms with Crippen LogP contribution in [0.4, 0.5) is 5.69 Å². The minimum absolute atomic E-state index is 0.0922. The van der Waals surface area contributed by atoms with Crippen LogP contribution in [0, 0.1) is 11.8 Å². The van der Waals surface area contributed by atoms with Crippen molar-refractivity contribution in [3.63, 3.8) is 0 Å². The van der Waals surface area contributed by atoms with Crippen LogP contribution in [0.2, 0.25) is 0 Å². The molecule has 6 atom stereocenters. The fraction of sp³-hybridized carbons (Fsp3) is 0.342. The first-order valence-electron chi connectivity index (χ1n) is 16.1. The van der Waals surface area contributed by atoms with Gasteiger partial charge in [-0.2, -0.15) is 0 Å². The van der Waals surface area contributed by atoms with Gasteiger partial charge in [0, 0.05) is 30.1 Å². The van der Waals surface area contributed by atoms with Crippen molar-refractivity contribution in [2.75, 3.05) is 31.7 Å². The highest BCUT2D eigenvalue weighted by Crippen LogP contribution is 2.66. The third kappa shape index (κ3) is 5.26. The summed E-state index contributed by atoms with van der Waals surface area (Å²) in [6.45, 7) is 2.89. The Kier molecular flexibility index (Phi) is 8.22. The Morgan fingerprint density at radius 1 is 0.830 bits per heavy atom. The number of anilines is 1. The Bertz CT molecular complexity index is 1710. The maximum atomic E-state index is 15.0. The van der Waals surface area contributed by atoms with Crippen molar-refractivity contribution in [2.24, 2.45) is 11.8 Å². The molecule has 242 valence electrons. The minimum atomic E-state index is -1.02. The predicted molar refractivity (Wildman–Crippen MR) is 183 cm³/mol. The van der Waals surface area contributed by atoms with Crippen LogP contribution in [0.1, 0.15) is 18.1 Å². The zero-order valence-electron chi connectivity index (χ0n) is 26.6. The molecule has 4 aliphatic rings. The molecule has 8 nitrogen and oxygen atoms in total.